The second-order valence-corrected chi connectivity index (χ2v) is 12.5. The van der Waals surface area contributed by atoms with Crippen LogP contribution in [0.15, 0.2) is 22.6 Å². The van der Waals surface area contributed by atoms with Crippen molar-refractivity contribution in [2.75, 3.05) is 6.26 Å². The highest BCUT2D eigenvalue weighted by Crippen LogP contribution is 2.34. The molecular formula is C23H32N2O6S2. The number of carbonyl (C=O) groups excluding carboxylic acids is 1. The van der Waals surface area contributed by atoms with E-state index >= 15 is 0 Å². The summed E-state index contributed by atoms with van der Waals surface area (Å²) in [6.45, 7) is 12.1. The molecule has 0 saturated carbocycles. The molecule has 0 bridgehead atoms. The van der Waals surface area contributed by atoms with Gasteiger partial charge in [-0.25, -0.2) is 13.1 Å². The second-order valence-electron chi connectivity index (χ2n) is 8.52. The van der Waals surface area contributed by atoms with Crippen molar-refractivity contribution in [2.24, 2.45) is 7.05 Å². The number of hydrogen-bond acceptors (Lipinski definition) is 7. The molecule has 1 atom stereocenters. The first-order chi connectivity index (χ1) is 15.0. The number of hydrogen-bond donors (Lipinski definition) is 0. The summed E-state index contributed by atoms with van der Waals surface area (Å²) in [4.78, 5) is 13.8. The minimum Gasteiger partial charge on any atom is -0.361 e. The lowest BCUT2D eigenvalue weighted by Gasteiger charge is -2.17. The average Bonchev–Trinajstić information content (AvgIpc) is 2.97. The topological polar surface area (TPSA) is 112 Å². The largest absolute Gasteiger partial charge is 0.361 e. The number of carbonyl (C=O) groups is 1. The van der Waals surface area contributed by atoms with Crippen molar-refractivity contribution >= 4 is 31.3 Å². The third-order valence-corrected chi connectivity index (χ3v) is 8.70. The van der Waals surface area contributed by atoms with Crippen molar-refractivity contribution in [2.45, 2.75) is 65.0 Å². The number of allylic oxidation sites excluding steroid dienone is 2. The molecule has 0 spiro atoms. The normalized spacial score (nSPS) is 13.0. The number of rotatable bonds is 8. The molecule has 1 aromatic heterocycles. The molecule has 0 fully saturated rings. The predicted octanol–water partition coefficient (Wildman–Crippen LogP) is 3.99. The SMILES string of the molecule is CCC(C)S(=O)(=O)Oc1c(C(=O)c2ccc(S(C)(=O)=O)c(C(C)=C(C)C)c2C)c(C)nn1C. The van der Waals surface area contributed by atoms with Gasteiger partial charge < -0.3 is 4.18 Å². The summed E-state index contributed by atoms with van der Waals surface area (Å²) in [6.07, 6.45) is 1.47. The van der Waals surface area contributed by atoms with Gasteiger partial charge in [0.05, 0.1) is 15.8 Å². The highest BCUT2D eigenvalue weighted by molar-refractivity contribution is 7.90. The third kappa shape index (κ3) is 5.22. The molecule has 0 radical (unpaired) electrons. The molecule has 33 heavy (non-hydrogen) atoms. The number of ketones is 1. The summed E-state index contributed by atoms with van der Waals surface area (Å²) in [5.41, 5.74) is 3.21. The highest BCUT2D eigenvalue weighted by atomic mass is 32.2. The van der Waals surface area contributed by atoms with E-state index in [2.05, 4.69) is 5.10 Å². The van der Waals surface area contributed by atoms with Gasteiger partial charge in [-0.05, 0) is 76.8 Å². The summed E-state index contributed by atoms with van der Waals surface area (Å²) >= 11 is 0. The van der Waals surface area contributed by atoms with E-state index < -0.39 is 31.0 Å². The summed E-state index contributed by atoms with van der Waals surface area (Å²) in [5, 5.41) is 3.43. The third-order valence-electron chi connectivity index (χ3n) is 5.86. The van der Waals surface area contributed by atoms with Crippen molar-refractivity contribution < 1.29 is 25.8 Å². The molecule has 1 heterocycles. The highest BCUT2D eigenvalue weighted by Gasteiger charge is 2.31. The molecular weight excluding hydrogens is 464 g/mol. The Morgan fingerprint density at radius 3 is 2.15 bits per heavy atom. The van der Waals surface area contributed by atoms with Crippen LogP contribution in [0.3, 0.4) is 0 Å². The minimum absolute atomic E-state index is 0.0281. The first-order valence-corrected chi connectivity index (χ1v) is 13.9. The molecule has 0 aliphatic heterocycles. The molecule has 0 saturated heterocycles. The van der Waals surface area contributed by atoms with Gasteiger partial charge in [-0.3, -0.25) is 4.79 Å². The summed E-state index contributed by atoms with van der Waals surface area (Å²) in [6, 6.07) is 2.87. The van der Waals surface area contributed by atoms with Crippen molar-refractivity contribution in [1.82, 2.24) is 9.78 Å². The fourth-order valence-corrected chi connectivity index (χ4v) is 5.46. The van der Waals surface area contributed by atoms with E-state index in [0.717, 1.165) is 17.4 Å². The Bertz CT molecular complexity index is 1350. The van der Waals surface area contributed by atoms with Crippen molar-refractivity contribution in [3.05, 3.63) is 45.7 Å². The van der Waals surface area contributed by atoms with E-state index in [1.54, 1.807) is 20.8 Å². The summed E-state index contributed by atoms with van der Waals surface area (Å²) < 4.78 is 56.7. The van der Waals surface area contributed by atoms with Crippen LogP contribution in [0.1, 0.15) is 73.8 Å². The molecule has 10 heteroatoms. The first kappa shape index (κ1) is 26.8. The standard InChI is InChI=1S/C23H32N2O6S2/c1-10-14(4)33(29,30)31-23-21(17(7)24-25(23)8)22(26)18-11-12-19(32(9,27)28)20(16(18)6)15(5)13(2)3/h11-12,14H,10H2,1-9H3. The van der Waals surface area contributed by atoms with Crippen LogP contribution in [0, 0.1) is 13.8 Å². The Morgan fingerprint density at radius 2 is 1.67 bits per heavy atom. The van der Waals surface area contributed by atoms with Gasteiger partial charge in [0.1, 0.15) is 5.56 Å². The van der Waals surface area contributed by atoms with Crippen LogP contribution in [0.5, 0.6) is 5.88 Å². The molecule has 8 nitrogen and oxygen atoms in total. The molecule has 2 aromatic rings. The van der Waals surface area contributed by atoms with Gasteiger partial charge in [-0.15, -0.1) is 0 Å². The van der Waals surface area contributed by atoms with Gasteiger partial charge in [0.15, 0.2) is 9.84 Å². The molecule has 0 aliphatic rings. The smallest absolute Gasteiger partial charge is 0.313 e. The molecule has 1 unspecified atom stereocenters. The fraction of sp³-hybridized carbons (Fsp3) is 0.478. The van der Waals surface area contributed by atoms with Crippen molar-refractivity contribution in [3.63, 3.8) is 0 Å². The van der Waals surface area contributed by atoms with Gasteiger partial charge in [-0.2, -0.15) is 13.5 Å². The molecule has 1 aromatic carbocycles. The molecule has 0 aliphatic carbocycles. The van der Waals surface area contributed by atoms with E-state index in [1.807, 2.05) is 20.8 Å². The Balaban J connectivity index is 2.79. The second kappa shape index (κ2) is 9.42. The predicted molar refractivity (Wildman–Crippen MR) is 129 cm³/mol. The van der Waals surface area contributed by atoms with E-state index in [4.69, 9.17) is 4.18 Å². The Labute approximate surface area is 196 Å². The summed E-state index contributed by atoms with van der Waals surface area (Å²) in [7, 11) is -6.03. The number of aromatic nitrogens is 2. The van der Waals surface area contributed by atoms with Crippen molar-refractivity contribution in [1.29, 1.82) is 0 Å². The summed E-state index contributed by atoms with van der Waals surface area (Å²) in [5.74, 6) is -0.653. The Morgan fingerprint density at radius 1 is 1.09 bits per heavy atom. The zero-order valence-electron chi connectivity index (χ0n) is 20.6. The van der Waals surface area contributed by atoms with Crippen LogP contribution in [-0.2, 0) is 27.0 Å². The quantitative estimate of drug-likeness (QED) is 0.401. The van der Waals surface area contributed by atoms with E-state index in [1.165, 1.54) is 30.8 Å². The van der Waals surface area contributed by atoms with Crippen LogP contribution in [-0.4, -0.2) is 43.9 Å². The number of nitrogens with zero attached hydrogens (tertiary/aromatic N) is 2. The maximum atomic E-state index is 13.7. The van der Waals surface area contributed by atoms with E-state index in [0.29, 0.717) is 23.2 Å². The first-order valence-electron chi connectivity index (χ1n) is 10.5. The molecule has 0 amide bonds. The van der Waals surface area contributed by atoms with Gasteiger partial charge >= 0.3 is 10.1 Å². The maximum absolute atomic E-state index is 13.7. The van der Waals surface area contributed by atoms with E-state index in [9.17, 15) is 21.6 Å². The Hall–Kier alpha value is -2.46. The fourth-order valence-electron chi connectivity index (χ4n) is 3.48. The number of benzene rings is 1. The zero-order valence-corrected chi connectivity index (χ0v) is 22.2. The van der Waals surface area contributed by atoms with Crippen LogP contribution in [0.4, 0.5) is 0 Å². The van der Waals surface area contributed by atoms with E-state index in [-0.39, 0.29) is 21.9 Å². The van der Waals surface area contributed by atoms with Crippen LogP contribution >= 0.6 is 0 Å². The lowest BCUT2D eigenvalue weighted by molar-refractivity contribution is 0.103. The molecule has 182 valence electrons. The average molecular weight is 497 g/mol. The lowest BCUT2D eigenvalue weighted by atomic mass is 9.91. The Kier molecular flexibility index (Phi) is 7.65. The molecule has 2 rings (SSSR count). The monoisotopic (exact) mass is 496 g/mol. The molecule has 0 N–H and O–H groups in total. The van der Waals surface area contributed by atoms with Crippen LogP contribution in [0.2, 0.25) is 0 Å². The zero-order chi connectivity index (χ0) is 25.5. The van der Waals surface area contributed by atoms with Crippen LogP contribution < -0.4 is 4.18 Å². The van der Waals surface area contributed by atoms with Crippen molar-refractivity contribution in [3.8, 4) is 5.88 Å². The lowest BCUT2D eigenvalue weighted by Crippen LogP contribution is -2.24. The van der Waals surface area contributed by atoms with Gasteiger partial charge in [-0.1, -0.05) is 12.5 Å². The van der Waals surface area contributed by atoms with Gasteiger partial charge in [0.2, 0.25) is 11.7 Å². The maximum Gasteiger partial charge on any atom is 0.313 e. The number of sulfone groups is 1. The minimum atomic E-state index is -3.98. The van der Waals surface area contributed by atoms with Gasteiger partial charge in [0, 0.05) is 18.9 Å². The van der Waals surface area contributed by atoms with Gasteiger partial charge in [0.25, 0.3) is 0 Å². The number of aryl methyl sites for hydroxylation is 2. The van der Waals surface area contributed by atoms with Crippen LogP contribution in [0.25, 0.3) is 5.57 Å².